The summed E-state index contributed by atoms with van der Waals surface area (Å²) in [4.78, 5) is 35.8. The van der Waals surface area contributed by atoms with Crippen LogP contribution in [0.2, 0.25) is 0 Å². The highest BCUT2D eigenvalue weighted by atomic mass is 16.5. The SMILES string of the molecule is COCCCC(NC(=O)OCC1c2ccccc2-c2ccccc21)C(=O)NCC(O)CC(=O)O. The average molecular weight is 471 g/mol. The fourth-order valence-electron chi connectivity index (χ4n) is 4.10. The molecule has 1 aliphatic carbocycles. The van der Waals surface area contributed by atoms with Crippen molar-refractivity contribution in [2.45, 2.75) is 37.3 Å². The van der Waals surface area contributed by atoms with E-state index in [9.17, 15) is 19.5 Å². The zero-order valence-corrected chi connectivity index (χ0v) is 19.0. The predicted octanol–water partition coefficient (Wildman–Crippen LogP) is 2.27. The molecule has 0 radical (unpaired) electrons. The van der Waals surface area contributed by atoms with Crippen LogP contribution in [0.15, 0.2) is 48.5 Å². The zero-order valence-electron chi connectivity index (χ0n) is 19.0. The van der Waals surface area contributed by atoms with Crippen LogP contribution in [0, 0.1) is 0 Å². The van der Waals surface area contributed by atoms with Crippen molar-refractivity contribution in [2.75, 3.05) is 26.9 Å². The highest BCUT2D eigenvalue weighted by molar-refractivity contribution is 5.85. The molecule has 2 unspecified atom stereocenters. The monoisotopic (exact) mass is 470 g/mol. The standard InChI is InChI=1S/C25H30N2O7/c1-33-12-6-11-22(24(31)26-14-16(28)13-23(29)30)27-25(32)34-15-21-19-9-4-2-7-17(19)18-8-3-5-10-20(18)21/h2-5,7-10,16,21-22,28H,6,11-15H2,1H3,(H,26,31)(H,27,32)(H,29,30). The summed E-state index contributed by atoms with van der Waals surface area (Å²) in [5.74, 6) is -1.81. The van der Waals surface area contributed by atoms with Crippen LogP contribution < -0.4 is 10.6 Å². The quantitative estimate of drug-likeness (QED) is 0.350. The third-order valence-electron chi connectivity index (χ3n) is 5.72. The number of aliphatic carboxylic acids is 1. The number of nitrogens with one attached hydrogen (secondary N) is 2. The Morgan fingerprint density at radius 1 is 1.03 bits per heavy atom. The molecule has 0 heterocycles. The van der Waals surface area contributed by atoms with Gasteiger partial charge in [0, 0.05) is 26.2 Å². The van der Waals surface area contributed by atoms with Crippen LogP contribution in [-0.4, -0.2) is 67.2 Å². The second-order valence-electron chi connectivity index (χ2n) is 8.15. The Hall–Kier alpha value is -3.43. The van der Waals surface area contributed by atoms with Crippen LogP contribution in [0.5, 0.6) is 0 Å². The third-order valence-corrected chi connectivity index (χ3v) is 5.72. The topological polar surface area (TPSA) is 134 Å². The molecular weight excluding hydrogens is 440 g/mol. The lowest BCUT2D eigenvalue weighted by atomic mass is 9.98. The molecule has 2 atom stereocenters. The number of aliphatic hydroxyl groups excluding tert-OH is 1. The Bertz CT molecular complexity index is 965. The van der Waals surface area contributed by atoms with E-state index in [1.54, 1.807) is 0 Å². The minimum atomic E-state index is -1.23. The van der Waals surface area contributed by atoms with Crippen LogP contribution in [0.3, 0.4) is 0 Å². The van der Waals surface area contributed by atoms with Gasteiger partial charge >= 0.3 is 12.1 Å². The number of amides is 2. The number of hydrogen-bond acceptors (Lipinski definition) is 6. The van der Waals surface area contributed by atoms with Crippen molar-refractivity contribution < 1.29 is 34.1 Å². The van der Waals surface area contributed by atoms with Gasteiger partial charge in [0.2, 0.25) is 5.91 Å². The first-order chi connectivity index (χ1) is 16.4. The Balaban J connectivity index is 1.60. The molecule has 9 heteroatoms. The first-order valence-electron chi connectivity index (χ1n) is 11.2. The number of hydrogen-bond donors (Lipinski definition) is 4. The van der Waals surface area contributed by atoms with E-state index in [2.05, 4.69) is 10.6 Å². The zero-order chi connectivity index (χ0) is 24.5. The van der Waals surface area contributed by atoms with Gasteiger partial charge in [0.25, 0.3) is 0 Å². The number of carboxylic acid groups (broad SMARTS) is 1. The number of fused-ring (bicyclic) bond motifs is 3. The number of rotatable bonds is 12. The normalized spacial score (nSPS) is 13.9. The second-order valence-corrected chi connectivity index (χ2v) is 8.15. The highest BCUT2D eigenvalue weighted by Gasteiger charge is 2.29. The maximum absolute atomic E-state index is 12.6. The van der Waals surface area contributed by atoms with Gasteiger partial charge in [-0.05, 0) is 35.1 Å². The van der Waals surface area contributed by atoms with Gasteiger partial charge in [-0.2, -0.15) is 0 Å². The van der Waals surface area contributed by atoms with Gasteiger partial charge in [-0.25, -0.2) is 4.79 Å². The number of methoxy groups -OCH3 is 1. The fraction of sp³-hybridized carbons (Fsp3) is 0.400. The first kappa shape index (κ1) is 25.2. The highest BCUT2D eigenvalue weighted by Crippen LogP contribution is 2.44. The van der Waals surface area contributed by atoms with Gasteiger partial charge in [-0.1, -0.05) is 48.5 Å². The summed E-state index contributed by atoms with van der Waals surface area (Å²) in [5, 5.41) is 23.5. The van der Waals surface area contributed by atoms with E-state index in [0.717, 1.165) is 22.3 Å². The molecule has 0 bridgehead atoms. The van der Waals surface area contributed by atoms with Crippen LogP contribution in [-0.2, 0) is 19.1 Å². The maximum atomic E-state index is 12.6. The Morgan fingerprint density at radius 2 is 1.65 bits per heavy atom. The van der Waals surface area contributed by atoms with Crippen molar-refractivity contribution in [3.8, 4) is 11.1 Å². The van der Waals surface area contributed by atoms with Gasteiger partial charge in [-0.3, -0.25) is 9.59 Å². The Morgan fingerprint density at radius 3 is 2.24 bits per heavy atom. The van der Waals surface area contributed by atoms with Crippen LogP contribution >= 0.6 is 0 Å². The summed E-state index contributed by atoms with van der Waals surface area (Å²) in [5.41, 5.74) is 4.39. The fourth-order valence-corrected chi connectivity index (χ4v) is 4.10. The maximum Gasteiger partial charge on any atom is 0.407 e. The lowest BCUT2D eigenvalue weighted by Crippen LogP contribution is -2.48. The van der Waals surface area contributed by atoms with Gasteiger partial charge in [-0.15, -0.1) is 0 Å². The summed E-state index contributed by atoms with van der Waals surface area (Å²) in [6.45, 7) is 0.277. The van der Waals surface area contributed by atoms with E-state index >= 15 is 0 Å². The molecule has 0 aromatic heterocycles. The third kappa shape index (κ3) is 6.55. The van der Waals surface area contributed by atoms with Gasteiger partial charge in [0.1, 0.15) is 12.6 Å². The number of carbonyl (C=O) groups is 3. The van der Waals surface area contributed by atoms with E-state index in [1.807, 2.05) is 48.5 Å². The van der Waals surface area contributed by atoms with Crippen LogP contribution in [0.4, 0.5) is 4.79 Å². The molecular formula is C25H30N2O7. The molecule has 182 valence electrons. The van der Waals surface area contributed by atoms with E-state index in [1.165, 1.54) is 7.11 Å². The molecule has 0 saturated heterocycles. The van der Waals surface area contributed by atoms with Crippen molar-refractivity contribution in [3.63, 3.8) is 0 Å². The van der Waals surface area contributed by atoms with Crippen molar-refractivity contribution >= 4 is 18.0 Å². The van der Waals surface area contributed by atoms with E-state index in [-0.39, 0.29) is 19.1 Å². The Labute approximate surface area is 198 Å². The molecule has 2 aromatic rings. The largest absolute Gasteiger partial charge is 0.481 e. The van der Waals surface area contributed by atoms with Crippen molar-refractivity contribution in [2.24, 2.45) is 0 Å². The predicted molar refractivity (Wildman–Crippen MR) is 124 cm³/mol. The Kier molecular flexibility index (Phi) is 9.00. The summed E-state index contributed by atoms with van der Waals surface area (Å²) in [7, 11) is 1.54. The van der Waals surface area contributed by atoms with Crippen molar-refractivity contribution in [1.29, 1.82) is 0 Å². The van der Waals surface area contributed by atoms with Gasteiger partial charge < -0.3 is 30.3 Å². The summed E-state index contributed by atoms with van der Waals surface area (Å²) < 4.78 is 10.5. The smallest absolute Gasteiger partial charge is 0.407 e. The van der Waals surface area contributed by atoms with Gasteiger partial charge in [0.05, 0.1) is 12.5 Å². The van der Waals surface area contributed by atoms with Crippen molar-refractivity contribution in [1.82, 2.24) is 10.6 Å². The molecule has 2 aromatic carbocycles. The van der Waals surface area contributed by atoms with E-state index < -0.39 is 36.5 Å². The van der Waals surface area contributed by atoms with Crippen LogP contribution in [0.1, 0.15) is 36.3 Å². The lowest BCUT2D eigenvalue weighted by Gasteiger charge is -2.20. The van der Waals surface area contributed by atoms with Crippen LogP contribution in [0.25, 0.3) is 11.1 Å². The van der Waals surface area contributed by atoms with E-state index in [4.69, 9.17) is 14.6 Å². The number of aliphatic hydroxyl groups is 1. The minimum absolute atomic E-state index is 0.106. The van der Waals surface area contributed by atoms with Gasteiger partial charge in [0.15, 0.2) is 0 Å². The lowest BCUT2D eigenvalue weighted by molar-refractivity contribution is -0.139. The molecule has 2 amide bonds. The van der Waals surface area contributed by atoms with E-state index in [0.29, 0.717) is 19.4 Å². The number of carbonyl (C=O) groups excluding carboxylic acids is 2. The molecule has 0 fully saturated rings. The summed E-state index contributed by atoms with van der Waals surface area (Å²) in [6, 6.07) is 15.1. The number of benzene rings is 2. The number of carboxylic acids is 1. The molecule has 34 heavy (non-hydrogen) atoms. The minimum Gasteiger partial charge on any atom is -0.481 e. The molecule has 3 rings (SSSR count). The molecule has 1 aliphatic rings. The molecule has 4 N–H and O–H groups in total. The molecule has 0 aliphatic heterocycles. The van der Waals surface area contributed by atoms with Crippen molar-refractivity contribution in [3.05, 3.63) is 59.7 Å². The molecule has 0 spiro atoms. The summed E-state index contributed by atoms with van der Waals surface area (Å²) in [6.07, 6.45) is -1.65. The molecule has 0 saturated carbocycles. The first-order valence-corrected chi connectivity index (χ1v) is 11.2. The number of ether oxygens (including phenoxy) is 2. The number of alkyl carbamates (subject to hydrolysis) is 1. The average Bonchev–Trinajstić information content (AvgIpc) is 3.14. The summed E-state index contributed by atoms with van der Waals surface area (Å²) >= 11 is 0. The second kappa shape index (κ2) is 12.2. The molecule has 9 nitrogen and oxygen atoms in total.